The Balaban J connectivity index is 2.63. The van der Waals surface area contributed by atoms with Crippen LogP contribution >= 0.6 is 0 Å². The van der Waals surface area contributed by atoms with Gasteiger partial charge in [-0.25, -0.2) is 4.39 Å². The van der Waals surface area contributed by atoms with Crippen LogP contribution in [0.4, 0.5) is 4.39 Å². The van der Waals surface area contributed by atoms with Gasteiger partial charge in [0.15, 0.2) is 0 Å². The maximum absolute atomic E-state index is 13.3. The van der Waals surface area contributed by atoms with Crippen molar-refractivity contribution in [2.24, 2.45) is 0 Å². The van der Waals surface area contributed by atoms with E-state index in [4.69, 9.17) is 0 Å². The lowest BCUT2D eigenvalue weighted by atomic mass is 10.0. The van der Waals surface area contributed by atoms with Crippen LogP contribution in [-0.4, -0.2) is 5.11 Å². The van der Waals surface area contributed by atoms with Crippen LogP contribution in [0.25, 0.3) is 11.1 Å². The van der Waals surface area contributed by atoms with Crippen molar-refractivity contribution in [2.75, 3.05) is 0 Å². The number of hydrogen-bond donors (Lipinski definition) is 1. The average Bonchev–Trinajstić information content (AvgIpc) is 2.19. The Bertz CT molecular complexity index is 417. The van der Waals surface area contributed by atoms with E-state index < -0.39 is 5.82 Å². The first-order valence-electron chi connectivity index (χ1n) is 4.23. The van der Waals surface area contributed by atoms with Crippen LogP contribution in [0.15, 0.2) is 42.5 Å². The highest BCUT2D eigenvalue weighted by atomic mass is 19.1. The first kappa shape index (κ1) is 8.75. The van der Waals surface area contributed by atoms with Gasteiger partial charge >= 0.3 is 0 Å². The predicted molar refractivity (Wildman–Crippen MR) is 52.3 cm³/mol. The van der Waals surface area contributed by atoms with Crippen LogP contribution in [0.3, 0.4) is 0 Å². The minimum Gasteiger partial charge on any atom is -0.507 e. The Morgan fingerprint density at radius 3 is 2.43 bits per heavy atom. The second-order valence-electron chi connectivity index (χ2n) is 2.93. The molecule has 1 nitrogen and oxygen atoms in total. The predicted octanol–water partition coefficient (Wildman–Crippen LogP) is 3.00. The largest absolute Gasteiger partial charge is 0.507 e. The fraction of sp³-hybridized carbons (Fsp3) is 0. The molecule has 1 N–H and O–H groups in total. The summed E-state index contributed by atoms with van der Waals surface area (Å²) in [4.78, 5) is 0. The van der Waals surface area contributed by atoms with Crippen molar-refractivity contribution in [3.05, 3.63) is 54.3 Å². The fourth-order valence-corrected chi connectivity index (χ4v) is 1.35. The zero-order valence-electron chi connectivity index (χ0n) is 7.37. The molecule has 0 bridgehead atoms. The summed E-state index contributed by atoms with van der Waals surface area (Å²) in [6, 6.07) is 14.0. The third kappa shape index (κ3) is 1.46. The van der Waals surface area contributed by atoms with Gasteiger partial charge < -0.3 is 5.11 Å². The van der Waals surface area contributed by atoms with Gasteiger partial charge in [0.25, 0.3) is 0 Å². The third-order valence-corrected chi connectivity index (χ3v) is 1.99. The second-order valence-corrected chi connectivity index (χ2v) is 2.93. The van der Waals surface area contributed by atoms with Gasteiger partial charge in [-0.15, -0.1) is 0 Å². The number of phenols is 1. The molecule has 0 aliphatic carbocycles. The number of aromatic hydroxyl groups is 1. The van der Waals surface area contributed by atoms with Gasteiger partial charge in [0, 0.05) is 0 Å². The van der Waals surface area contributed by atoms with Gasteiger partial charge in [-0.1, -0.05) is 30.3 Å². The molecule has 0 atom stereocenters. The summed E-state index contributed by atoms with van der Waals surface area (Å²) in [5, 5.41) is 9.47. The molecule has 0 saturated heterocycles. The molecule has 0 unspecified atom stereocenters. The zero-order valence-corrected chi connectivity index (χ0v) is 7.37. The van der Waals surface area contributed by atoms with Crippen LogP contribution < -0.4 is 0 Å². The molecule has 2 aromatic carbocycles. The van der Waals surface area contributed by atoms with Crippen molar-refractivity contribution in [1.82, 2.24) is 0 Å². The van der Waals surface area contributed by atoms with E-state index in [1.165, 1.54) is 12.1 Å². The standard InChI is InChI=1S/C12H8FO/c13-10-7-4-8-11(14)12(10)9-5-2-1-3-6-9/h1-3,5-8,14H. The summed E-state index contributed by atoms with van der Waals surface area (Å²) >= 11 is 0. The molecule has 0 saturated carbocycles. The van der Waals surface area contributed by atoms with E-state index in [0.29, 0.717) is 5.56 Å². The minimum absolute atomic E-state index is 0.0869. The summed E-state index contributed by atoms with van der Waals surface area (Å²) in [5.74, 6) is -0.549. The Labute approximate surface area is 81.4 Å². The van der Waals surface area contributed by atoms with Gasteiger partial charge in [0.2, 0.25) is 0 Å². The van der Waals surface area contributed by atoms with Crippen molar-refractivity contribution < 1.29 is 9.50 Å². The van der Waals surface area contributed by atoms with Crippen LogP contribution in [0, 0.1) is 11.9 Å². The number of rotatable bonds is 1. The maximum Gasteiger partial charge on any atom is 0.135 e. The molecule has 0 amide bonds. The molecular formula is C12H8FO. The lowest BCUT2D eigenvalue weighted by Crippen LogP contribution is -1.84. The average molecular weight is 187 g/mol. The Kier molecular flexibility index (Phi) is 2.19. The number of hydrogen-bond acceptors (Lipinski definition) is 1. The maximum atomic E-state index is 13.3. The van der Waals surface area contributed by atoms with Crippen LogP contribution in [-0.2, 0) is 0 Å². The van der Waals surface area contributed by atoms with Crippen molar-refractivity contribution in [1.29, 1.82) is 0 Å². The smallest absolute Gasteiger partial charge is 0.135 e. The second kappa shape index (κ2) is 3.50. The highest BCUT2D eigenvalue weighted by Gasteiger charge is 2.08. The summed E-state index contributed by atoms with van der Waals surface area (Å²) in [5.41, 5.74) is 0.890. The molecule has 0 aliphatic heterocycles. The molecule has 2 aromatic rings. The molecule has 0 spiro atoms. The van der Waals surface area contributed by atoms with Gasteiger partial charge in [0.05, 0.1) is 5.56 Å². The fourth-order valence-electron chi connectivity index (χ4n) is 1.35. The summed E-state index contributed by atoms with van der Waals surface area (Å²) in [6.07, 6.45) is 0. The van der Waals surface area contributed by atoms with E-state index >= 15 is 0 Å². The van der Waals surface area contributed by atoms with Gasteiger partial charge in [-0.2, -0.15) is 0 Å². The molecule has 2 rings (SSSR count). The van der Waals surface area contributed by atoms with Crippen LogP contribution in [0.1, 0.15) is 0 Å². The Hall–Kier alpha value is -1.83. The molecule has 2 heteroatoms. The lowest BCUT2D eigenvalue weighted by molar-refractivity contribution is 0.472. The van der Waals surface area contributed by atoms with E-state index in [9.17, 15) is 9.50 Å². The van der Waals surface area contributed by atoms with E-state index in [-0.39, 0.29) is 11.3 Å². The van der Waals surface area contributed by atoms with E-state index in [0.717, 1.165) is 0 Å². The molecule has 0 heterocycles. The molecule has 69 valence electrons. The van der Waals surface area contributed by atoms with Crippen molar-refractivity contribution in [2.45, 2.75) is 0 Å². The lowest BCUT2D eigenvalue weighted by Gasteiger charge is -2.04. The zero-order chi connectivity index (χ0) is 9.97. The first-order chi connectivity index (χ1) is 6.79. The molecule has 0 fully saturated rings. The Morgan fingerprint density at radius 2 is 1.79 bits per heavy atom. The van der Waals surface area contributed by atoms with Gasteiger partial charge in [0.1, 0.15) is 11.6 Å². The summed E-state index contributed by atoms with van der Waals surface area (Å²) in [7, 11) is 0. The summed E-state index contributed by atoms with van der Waals surface area (Å²) in [6.45, 7) is 0. The van der Waals surface area contributed by atoms with Crippen LogP contribution in [0.2, 0.25) is 0 Å². The minimum atomic E-state index is -0.462. The quantitative estimate of drug-likeness (QED) is 0.727. The Morgan fingerprint density at radius 1 is 1.07 bits per heavy atom. The van der Waals surface area contributed by atoms with E-state index in [1.807, 2.05) is 6.07 Å². The number of halogens is 1. The molecule has 0 aliphatic rings. The molecule has 1 radical (unpaired) electrons. The molecular weight excluding hydrogens is 179 g/mol. The van der Waals surface area contributed by atoms with Crippen molar-refractivity contribution >= 4 is 0 Å². The SMILES string of the molecule is Oc1c[c]cc(F)c1-c1ccccc1. The summed E-state index contributed by atoms with van der Waals surface area (Å²) < 4.78 is 13.3. The number of benzene rings is 2. The first-order valence-corrected chi connectivity index (χ1v) is 4.23. The molecule has 14 heavy (non-hydrogen) atoms. The van der Waals surface area contributed by atoms with Gasteiger partial charge in [-0.05, 0) is 23.8 Å². The monoisotopic (exact) mass is 187 g/mol. The van der Waals surface area contributed by atoms with Gasteiger partial charge in [-0.3, -0.25) is 0 Å². The number of phenolic OH excluding ortho intramolecular Hbond substituents is 1. The topological polar surface area (TPSA) is 20.2 Å². The molecule has 0 aromatic heterocycles. The highest BCUT2D eigenvalue weighted by molar-refractivity contribution is 5.70. The van der Waals surface area contributed by atoms with Crippen molar-refractivity contribution in [3.8, 4) is 16.9 Å². The van der Waals surface area contributed by atoms with Crippen molar-refractivity contribution in [3.63, 3.8) is 0 Å². The van der Waals surface area contributed by atoms with E-state index in [2.05, 4.69) is 6.07 Å². The third-order valence-electron chi connectivity index (χ3n) is 1.99. The highest BCUT2D eigenvalue weighted by Crippen LogP contribution is 2.30. The van der Waals surface area contributed by atoms with E-state index in [1.54, 1.807) is 24.3 Å². The van der Waals surface area contributed by atoms with Crippen LogP contribution in [0.5, 0.6) is 5.75 Å². The normalized spacial score (nSPS) is 10.1.